The number of nitrogens with zero attached hydrogens (tertiary/aromatic N) is 4. The molecule has 1 amide bonds. The predicted octanol–water partition coefficient (Wildman–Crippen LogP) is 3.17. The summed E-state index contributed by atoms with van der Waals surface area (Å²) in [7, 11) is 0. The van der Waals surface area contributed by atoms with Crippen LogP contribution in [0.5, 0.6) is 5.75 Å². The van der Waals surface area contributed by atoms with Crippen LogP contribution in [-0.2, 0) is 11.3 Å². The Morgan fingerprint density at radius 2 is 1.97 bits per heavy atom. The van der Waals surface area contributed by atoms with Crippen molar-refractivity contribution in [2.45, 2.75) is 13.5 Å². The lowest BCUT2D eigenvalue weighted by Gasteiger charge is -2.34. The molecular weight excluding hydrogens is 416 g/mol. The summed E-state index contributed by atoms with van der Waals surface area (Å²) in [6.45, 7) is 6.86. The fourth-order valence-electron chi connectivity index (χ4n) is 3.42. The van der Waals surface area contributed by atoms with Crippen LogP contribution >= 0.6 is 11.3 Å². The van der Waals surface area contributed by atoms with Gasteiger partial charge in [0.25, 0.3) is 5.91 Å². The van der Waals surface area contributed by atoms with Gasteiger partial charge in [-0.25, -0.2) is 0 Å². The van der Waals surface area contributed by atoms with E-state index in [0.717, 1.165) is 18.0 Å². The number of hydrogen-bond donors (Lipinski definition) is 0. The number of rotatable bonds is 9. The minimum atomic E-state index is -0.00979. The van der Waals surface area contributed by atoms with Gasteiger partial charge >= 0.3 is 0 Å². The van der Waals surface area contributed by atoms with Crippen molar-refractivity contribution in [2.24, 2.45) is 0 Å². The van der Waals surface area contributed by atoms with Gasteiger partial charge in [-0.05, 0) is 30.5 Å². The van der Waals surface area contributed by atoms with Crippen LogP contribution in [0.1, 0.15) is 23.2 Å². The van der Waals surface area contributed by atoms with Gasteiger partial charge in [-0.2, -0.15) is 4.98 Å². The zero-order valence-corrected chi connectivity index (χ0v) is 18.3. The number of para-hydroxylation sites is 1. The number of hydrogen-bond acceptors (Lipinski definition) is 8. The molecule has 0 N–H and O–H groups in total. The van der Waals surface area contributed by atoms with E-state index < -0.39 is 0 Å². The van der Waals surface area contributed by atoms with Crippen LogP contribution in [-0.4, -0.2) is 71.8 Å². The van der Waals surface area contributed by atoms with Gasteiger partial charge < -0.3 is 18.9 Å². The van der Waals surface area contributed by atoms with E-state index in [1.165, 1.54) is 0 Å². The van der Waals surface area contributed by atoms with Crippen LogP contribution in [0.15, 0.2) is 46.3 Å². The molecule has 2 aromatic heterocycles. The SMILES string of the molecule is CCOCCOc1ccccc1C(=O)N1CCN(Cc2nc(-c3cccs3)no2)CC1. The molecule has 1 aliphatic rings. The summed E-state index contributed by atoms with van der Waals surface area (Å²) in [6.07, 6.45) is 0. The van der Waals surface area contributed by atoms with Crippen LogP contribution in [0, 0.1) is 0 Å². The fourth-order valence-corrected chi connectivity index (χ4v) is 4.07. The van der Waals surface area contributed by atoms with E-state index in [9.17, 15) is 4.79 Å². The summed E-state index contributed by atoms with van der Waals surface area (Å²) in [5, 5.41) is 6.05. The van der Waals surface area contributed by atoms with Gasteiger partial charge in [-0.3, -0.25) is 9.69 Å². The van der Waals surface area contributed by atoms with Gasteiger partial charge in [-0.15, -0.1) is 11.3 Å². The number of thiophene rings is 1. The maximum atomic E-state index is 13.1. The molecule has 0 aliphatic carbocycles. The molecule has 4 rings (SSSR count). The highest BCUT2D eigenvalue weighted by molar-refractivity contribution is 7.13. The quantitative estimate of drug-likeness (QED) is 0.471. The van der Waals surface area contributed by atoms with Gasteiger partial charge in [0, 0.05) is 32.8 Å². The van der Waals surface area contributed by atoms with E-state index in [2.05, 4.69) is 15.0 Å². The van der Waals surface area contributed by atoms with E-state index in [1.54, 1.807) is 11.3 Å². The van der Waals surface area contributed by atoms with Crippen LogP contribution in [0.25, 0.3) is 10.7 Å². The highest BCUT2D eigenvalue weighted by Crippen LogP contribution is 2.23. The van der Waals surface area contributed by atoms with Crippen LogP contribution < -0.4 is 4.74 Å². The van der Waals surface area contributed by atoms with E-state index in [0.29, 0.717) is 62.5 Å². The highest BCUT2D eigenvalue weighted by atomic mass is 32.1. The van der Waals surface area contributed by atoms with Gasteiger partial charge in [0.2, 0.25) is 11.7 Å². The Bertz CT molecular complexity index is 968. The number of aromatic nitrogens is 2. The predicted molar refractivity (Wildman–Crippen MR) is 117 cm³/mol. The van der Waals surface area contributed by atoms with Crippen molar-refractivity contribution in [3.63, 3.8) is 0 Å². The van der Waals surface area contributed by atoms with Crippen LogP contribution in [0.4, 0.5) is 0 Å². The van der Waals surface area contributed by atoms with Crippen molar-refractivity contribution in [3.05, 3.63) is 53.2 Å². The highest BCUT2D eigenvalue weighted by Gasteiger charge is 2.25. The van der Waals surface area contributed by atoms with Gasteiger partial charge in [0.1, 0.15) is 12.4 Å². The molecule has 164 valence electrons. The van der Waals surface area contributed by atoms with Gasteiger partial charge in [0.05, 0.1) is 23.6 Å². The maximum absolute atomic E-state index is 13.1. The number of piperazine rings is 1. The molecule has 0 spiro atoms. The Labute approximate surface area is 185 Å². The molecule has 1 saturated heterocycles. The molecule has 1 fully saturated rings. The standard InChI is InChI=1S/C22H26N4O4S/c1-2-28-13-14-29-18-7-4-3-6-17(18)22(27)26-11-9-25(10-12-26)16-20-23-21(24-30-20)19-8-5-15-31-19/h3-8,15H,2,9-14,16H2,1H3. The molecule has 0 atom stereocenters. The Kier molecular flexibility index (Phi) is 7.29. The summed E-state index contributed by atoms with van der Waals surface area (Å²) in [6, 6.07) is 11.3. The molecule has 31 heavy (non-hydrogen) atoms. The molecule has 1 aromatic carbocycles. The average molecular weight is 443 g/mol. The summed E-state index contributed by atoms with van der Waals surface area (Å²) in [5.41, 5.74) is 0.588. The zero-order valence-electron chi connectivity index (χ0n) is 17.5. The third kappa shape index (κ3) is 5.49. The molecule has 3 heterocycles. The smallest absolute Gasteiger partial charge is 0.257 e. The van der Waals surface area contributed by atoms with E-state index in [-0.39, 0.29) is 5.91 Å². The molecular formula is C22H26N4O4S. The number of amides is 1. The van der Waals surface area contributed by atoms with E-state index in [1.807, 2.05) is 53.6 Å². The van der Waals surface area contributed by atoms with Crippen molar-refractivity contribution < 1.29 is 18.8 Å². The minimum Gasteiger partial charge on any atom is -0.490 e. The first kappa shape index (κ1) is 21.5. The number of carbonyl (C=O) groups excluding carboxylic acids is 1. The van der Waals surface area contributed by atoms with Gasteiger partial charge in [0.15, 0.2) is 0 Å². The Balaban J connectivity index is 1.30. The Hall–Kier alpha value is -2.75. The zero-order chi connectivity index (χ0) is 21.5. The summed E-state index contributed by atoms with van der Waals surface area (Å²) < 4.78 is 16.5. The average Bonchev–Trinajstić information content (AvgIpc) is 3.49. The van der Waals surface area contributed by atoms with Crippen LogP contribution in [0.3, 0.4) is 0 Å². The van der Waals surface area contributed by atoms with Crippen molar-refractivity contribution in [1.82, 2.24) is 19.9 Å². The maximum Gasteiger partial charge on any atom is 0.257 e. The van der Waals surface area contributed by atoms with E-state index >= 15 is 0 Å². The lowest BCUT2D eigenvalue weighted by Crippen LogP contribution is -2.48. The summed E-state index contributed by atoms with van der Waals surface area (Å²) >= 11 is 1.59. The molecule has 8 nitrogen and oxygen atoms in total. The number of carbonyl (C=O) groups is 1. The molecule has 0 saturated carbocycles. The van der Waals surface area contributed by atoms with Gasteiger partial charge in [-0.1, -0.05) is 23.4 Å². The first-order valence-corrected chi connectivity index (χ1v) is 11.3. The monoisotopic (exact) mass is 442 g/mol. The number of ether oxygens (including phenoxy) is 2. The van der Waals surface area contributed by atoms with E-state index in [4.69, 9.17) is 14.0 Å². The fraction of sp³-hybridized carbons (Fsp3) is 0.409. The van der Waals surface area contributed by atoms with Crippen molar-refractivity contribution in [2.75, 3.05) is 46.0 Å². The Morgan fingerprint density at radius 3 is 2.74 bits per heavy atom. The first-order valence-electron chi connectivity index (χ1n) is 10.4. The third-order valence-electron chi connectivity index (χ3n) is 5.03. The van der Waals surface area contributed by atoms with Crippen molar-refractivity contribution in [3.8, 4) is 16.5 Å². The molecule has 9 heteroatoms. The lowest BCUT2D eigenvalue weighted by atomic mass is 10.1. The van der Waals surface area contributed by atoms with Crippen LogP contribution in [0.2, 0.25) is 0 Å². The summed E-state index contributed by atoms with van der Waals surface area (Å²) in [4.78, 5) is 22.6. The number of benzene rings is 1. The summed E-state index contributed by atoms with van der Waals surface area (Å²) in [5.74, 6) is 1.81. The van der Waals surface area contributed by atoms with Crippen molar-refractivity contribution in [1.29, 1.82) is 0 Å². The molecule has 0 radical (unpaired) electrons. The second-order valence-electron chi connectivity index (χ2n) is 7.10. The largest absolute Gasteiger partial charge is 0.490 e. The molecule has 0 unspecified atom stereocenters. The molecule has 0 bridgehead atoms. The topological polar surface area (TPSA) is 80.9 Å². The van der Waals surface area contributed by atoms with Crippen molar-refractivity contribution >= 4 is 17.2 Å². The first-order chi connectivity index (χ1) is 15.2. The molecule has 1 aliphatic heterocycles. The Morgan fingerprint density at radius 1 is 1.13 bits per heavy atom. The third-order valence-corrected chi connectivity index (χ3v) is 5.90. The second-order valence-corrected chi connectivity index (χ2v) is 8.05. The normalized spacial score (nSPS) is 14.7. The minimum absolute atomic E-state index is 0.00979. The second kappa shape index (κ2) is 10.5. The lowest BCUT2D eigenvalue weighted by molar-refractivity contribution is 0.0607. The molecule has 3 aromatic rings.